The van der Waals surface area contributed by atoms with E-state index >= 15 is 0 Å². The third-order valence-corrected chi connectivity index (χ3v) is 4.16. The highest BCUT2D eigenvalue weighted by molar-refractivity contribution is 7.14. The van der Waals surface area contributed by atoms with Crippen LogP contribution in [-0.2, 0) is 16.0 Å². The fraction of sp³-hybridized carbons (Fsp3) is 0.250. The summed E-state index contributed by atoms with van der Waals surface area (Å²) in [5.41, 5.74) is 1.15. The maximum Gasteiger partial charge on any atom is 0.348 e. The second-order valence-electron chi connectivity index (χ2n) is 4.65. The van der Waals surface area contributed by atoms with Crippen LogP contribution in [0.5, 0.6) is 0 Å². The number of aryl methyl sites for hydroxylation is 2. The lowest BCUT2D eigenvalue weighted by molar-refractivity contribution is -0.119. The number of benzene rings is 1. The van der Waals surface area contributed by atoms with Gasteiger partial charge in [0.25, 0.3) is 5.91 Å². The van der Waals surface area contributed by atoms with Crippen LogP contribution in [0.15, 0.2) is 30.3 Å². The molecule has 2 aromatic rings. The molecule has 1 aromatic carbocycles. The van der Waals surface area contributed by atoms with E-state index in [4.69, 9.17) is 4.74 Å². The zero-order valence-corrected chi connectivity index (χ0v) is 13.1. The largest absolute Gasteiger partial charge is 0.451 e. The molecule has 1 aromatic heterocycles. The van der Waals surface area contributed by atoms with E-state index in [1.165, 1.54) is 29.5 Å². The smallest absolute Gasteiger partial charge is 0.348 e. The molecule has 0 aliphatic heterocycles. The Balaban J connectivity index is 1.90. The summed E-state index contributed by atoms with van der Waals surface area (Å²) in [5.74, 6) is -1.66. The Kier molecular flexibility index (Phi) is 5.27. The second kappa shape index (κ2) is 7.17. The van der Waals surface area contributed by atoms with Gasteiger partial charge in [-0.15, -0.1) is 11.3 Å². The minimum Gasteiger partial charge on any atom is -0.451 e. The van der Waals surface area contributed by atoms with Gasteiger partial charge in [0.15, 0.2) is 6.61 Å². The number of nitrogens with one attached hydrogen (secondary N) is 1. The Morgan fingerprint density at radius 1 is 1.32 bits per heavy atom. The average Bonchev–Trinajstić information content (AvgIpc) is 2.88. The predicted octanol–water partition coefficient (Wildman–Crippen LogP) is 3.55. The maximum atomic E-state index is 13.4. The Labute approximate surface area is 131 Å². The first kappa shape index (κ1) is 16.2. The standard InChI is InChI=1S/C16H16FNO3S/c1-3-11-8-14(22-10(11)2)16(20)21-9-15(19)18-13-7-5-4-6-12(13)17/h4-8H,3,9H2,1-2H3,(H,18,19). The molecule has 0 aliphatic rings. The molecule has 0 fully saturated rings. The van der Waals surface area contributed by atoms with Gasteiger partial charge >= 0.3 is 5.97 Å². The van der Waals surface area contributed by atoms with Crippen LogP contribution >= 0.6 is 11.3 Å². The number of ether oxygens (including phenoxy) is 1. The molecule has 0 saturated heterocycles. The Bertz CT molecular complexity index is 696. The SMILES string of the molecule is CCc1cc(C(=O)OCC(=O)Nc2ccccc2F)sc1C. The van der Waals surface area contributed by atoms with Crippen LogP contribution < -0.4 is 5.32 Å². The Morgan fingerprint density at radius 2 is 2.05 bits per heavy atom. The van der Waals surface area contributed by atoms with Crippen LogP contribution in [0.4, 0.5) is 10.1 Å². The maximum absolute atomic E-state index is 13.4. The summed E-state index contributed by atoms with van der Waals surface area (Å²) < 4.78 is 18.3. The van der Waals surface area contributed by atoms with E-state index in [0.29, 0.717) is 4.88 Å². The van der Waals surface area contributed by atoms with E-state index in [0.717, 1.165) is 16.9 Å². The third-order valence-electron chi connectivity index (χ3n) is 3.08. The normalized spacial score (nSPS) is 10.3. The molecule has 0 unspecified atom stereocenters. The van der Waals surface area contributed by atoms with Crippen molar-refractivity contribution in [3.8, 4) is 0 Å². The first-order chi connectivity index (χ1) is 10.5. The molecule has 0 aliphatic carbocycles. The number of hydrogen-bond acceptors (Lipinski definition) is 4. The van der Waals surface area contributed by atoms with Gasteiger partial charge in [-0.2, -0.15) is 0 Å². The quantitative estimate of drug-likeness (QED) is 0.857. The van der Waals surface area contributed by atoms with Gasteiger partial charge in [0.2, 0.25) is 0 Å². The molecule has 4 nitrogen and oxygen atoms in total. The summed E-state index contributed by atoms with van der Waals surface area (Å²) in [6.45, 7) is 3.49. The highest BCUT2D eigenvalue weighted by atomic mass is 32.1. The van der Waals surface area contributed by atoms with Gasteiger partial charge in [-0.25, -0.2) is 9.18 Å². The van der Waals surface area contributed by atoms with Crippen LogP contribution in [0.1, 0.15) is 27.0 Å². The summed E-state index contributed by atoms with van der Waals surface area (Å²) in [5, 5.41) is 2.36. The Hall–Kier alpha value is -2.21. The molecular weight excluding hydrogens is 305 g/mol. The van der Waals surface area contributed by atoms with E-state index in [1.54, 1.807) is 12.1 Å². The minimum absolute atomic E-state index is 0.0591. The number of anilines is 1. The monoisotopic (exact) mass is 321 g/mol. The second-order valence-corrected chi connectivity index (χ2v) is 5.91. The highest BCUT2D eigenvalue weighted by Gasteiger charge is 2.15. The molecule has 22 heavy (non-hydrogen) atoms. The number of halogens is 1. The molecule has 0 bridgehead atoms. The first-order valence-electron chi connectivity index (χ1n) is 6.82. The van der Waals surface area contributed by atoms with Crippen molar-refractivity contribution in [1.29, 1.82) is 0 Å². The van der Waals surface area contributed by atoms with E-state index in [-0.39, 0.29) is 5.69 Å². The van der Waals surface area contributed by atoms with Crippen molar-refractivity contribution in [2.75, 3.05) is 11.9 Å². The van der Waals surface area contributed by atoms with Crippen molar-refractivity contribution >= 4 is 28.9 Å². The fourth-order valence-corrected chi connectivity index (χ4v) is 2.93. The summed E-state index contributed by atoms with van der Waals surface area (Å²) >= 11 is 1.34. The average molecular weight is 321 g/mol. The van der Waals surface area contributed by atoms with E-state index in [1.807, 2.05) is 13.8 Å². The minimum atomic E-state index is -0.581. The van der Waals surface area contributed by atoms with Gasteiger partial charge in [-0.05, 0) is 37.1 Å². The number of carbonyl (C=O) groups excluding carboxylic acids is 2. The van der Waals surface area contributed by atoms with Crippen molar-refractivity contribution in [3.05, 3.63) is 51.5 Å². The van der Waals surface area contributed by atoms with E-state index in [2.05, 4.69) is 5.32 Å². The first-order valence-corrected chi connectivity index (χ1v) is 7.63. The number of rotatable bonds is 5. The molecule has 6 heteroatoms. The van der Waals surface area contributed by atoms with Gasteiger partial charge in [0.1, 0.15) is 10.7 Å². The molecule has 1 heterocycles. The van der Waals surface area contributed by atoms with Crippen LogP contribution in [0.25, 0.3) is 0 Å². The molecule has 116 valence electrons. The van der Waals surface area contributed by atoms with Gasteiger partial charge in [0, 0.05) is 4.88 Å². The van der Waals surface area contributed by atoms with Gasteiger partial charge in [-0.1, -0.05) is 19.1 Å². The Morgan fingerprint density at radius 3 is 2.68 bits per heavy atom. The predicted molar refractivity (Wildman–Crippen MR) is 83.7 cm³/mol. The van der Waals surface area contributed by atoms with Gasteiger partial charge in [0.05, 0.1) is 5.69 Å². The zero-order chi connectivity index (χ0) is 16.1. The number of hydrogen-bond donors (Lipinski definition) is 1. The number of carbonyl (C=O) groups is 2. The number of amides is 1. The van der Waals surface area contributed by atoms with Gasteiger partial charge < -0.3 is 10.1 Å². The lowest BCUT2D eigenvalue weighted by Crippen LogP contribution is -2.21. The van der Waals surface area contributed by atoms with Crippen LogP contribution in [0.2, 0.25) is 0 Å². The number of thiophene rings is 1. The van der Waals surface area contributed by atoms with Crippen molar-refractivity contribution in [2.45, 2.75) is 20.3 Å². The fourth-order valence-electron chi connectivity index (χ4n) is 1.92. The summed E-state index contributed by atoms with van der Waals surface area (Å²) in [7, 11) is 0. The molecule has 1 N–H and O–H groups in total. The van der Waals surface area contributed by atoms with E-state index in [9.17, 15) is 14.0 Å². The molecular formula is C16H16FNO3S. The van der Waals surface area contributed by atoms with Crippen LogP contribution in [-0.4, -0.2) is 18.5 Å². The lowest BCUT2D eigenvalue weighted by Gasteiger charge is -2.06. The van der Waals surface area contributed by atoms with Crippen molar-refractivity contribution in [3.63, 3.8) is 0 Å². The van der Waals surface area contributed by atoms with Crippen molar-refractivity contribution < 1.29 is 18.7 Å². The third kappa shape index (κ3) is 3.92. The van der Waals surface area contributed by atoms with Crippen LogP contribution in [0, 0.1) is 12.7 Å². The topological polar surface area (TPSA) is 55.4 Å². The summed E-state index contributed by atoms with van der Waals surface area (Å²) in [6.07, 6.45) is 0.837. The molecule has 0 saturated carbocycles. The molecule has 1 amide bonds. The van der Waals surface area contributed by atoms with E-state index < -0.39 is 24.3 Å². The number of para-hydroxylation sites is 1. The molecule has 2 rings (SSSR count). The van der Waals surface area contributed by atoms with Crippen molar-refractivity contribution in [2.24, 2.45) is 0 Å². The van der Waals surface area contributed by atoms with Gasteiger partial charge in [-0.3, -0.25) is 4.79 Å². The summed E-state index contributed by atoms with van der Waals surface area (Å²) in [4.78, 5) is 25.1. The zero-order valence-electron chi connectivity index (χ0n) is 12.3. The highest BCUT2D eigenvalue weighted by Crippen LogP contribution is 2.22. The molecule has 0 atom stereocenters. The molecule has 0 spiro atoms. The number of esters is 1. The van der Waals surface area contributed by atoms with Crippen LogP contribution in [0.3, 0.4) is 0 Å². The summed E-state index contributed by atoms with van der Waals surface area (Å²) in [6, 6.07) is 7.57. The lowest BCUT2D eigenvalue weighted by atomic mass is 10.2. The molecule has 0 radical (unpaired) electrons. The van der Waals surface area contributed by atoms with Crippen molar-refractivity contribution in [1.82, 2.24) is 0 Å².